The Morgan fingerprint density at radius 1 is 1.47 bits per heavy atom. The molecule has 0 unspecified atom stereocenters. The third-order valence-electron chi connectivity index (χ3n) is 3.24. The van der Waals surface area contributed by atoms with Crippen LogP contribution in [0.4, 0.5) is 0 Å². The summed E-state index contributed by atoms with van der Waals surface area (Å²) < 4.78 is 0. The molecule has 0 saturated heterocycles. The van der Waals surface area contributed by atoms with Gasteiger partial charge in [-0.15, -0.1) is 0 Å². The van der Waals surface area contributed by atoms with Crippen molar-refractivity contribution in [2.45, 2.75) is 25.4 Å². The standard InChI is InChI=1S/C14H19ClN2O2/c15-13-7-10(1-2-12(19)9-18)8-17-14(13)11-3-5-16-6-4-11/h3,7-8,12,16,18-19H,1-2,4-6,9H2/t12-/m1/s1. The first-order valence-corrected chi connectivity index (χ1v) is 6.92. The molecule has 0 aromatic carbocycles. The van der Waals surface area contributed by atoms with Gasteiger partial charge in [-0.25, -0.2) is 0 Å². The zero-order valence-corrected chi connectivity index (χ0v) is 11.5. The van der Waals surface area contributed by atoms with Crippen LogP contribution < -0.4 is 5.32 Å². The minimum Gasteiger partial charge on any atom is -0.394 e. The third-order valence-corrected chi connectivity index (χ3v) is 3.53. The Morgan fingerprint density at radius 3 is 2.95 bits per heavy atom. The number of hydrogen-bond acceptors (Lipinski definition) is 4. The number of nitrogens with one attached hydrogen (secondary N) is 1. The van der Waals surface area contributed by atoms with Gasteiger partial charge < -0.3 is 15.5 Å². The van der Waals surface area contributed by atoms with Crippen LogP contribution in [0.1, 0.15) is 24.1 Å². The van der Waals surface area contributed by atoms with E-state index in [1.165, 1.54) is 5.57 Å². The molecule has 0 aliphatic carbocycles. The van der Waals surface area contributed by atoms with E-state index < -0.39 is 6.10 Å². The Bertz CT molecular complexity index is 463. The van der Waals surface area contributed by atoms with E-state index in [1.807, 2.05) is 6.07 Å². The van der Waals surface area contributed by atoms with Gasteiger partial charge >= 0.3 is 0 Å². The summed E-state index contributed by atoms with van der Waals surface area (Å²) in [6.45, 7) is 1.60. The van der Waals surface area contributed by atoms with Crippen LogP contribution in [0, 0.1) is 0 Å². The lowest BCUT2D eigenvalue weighted by molar-refractivity contribution is 0.0885. The normalized spacial score (nSPS) is 17.1. The van der Waals surface area contributed by atoms with E-state index in [-0.39, 0.29) is 6.61 Å². The van der Waals surface area contributed by atoms with Crippen LogP contribution in [0.2, 0.25) is 5.02 Å². The molecule has 5 heteroatoms. The van der Waals surface area contributed by atoms with Gasteiger partial charge in [0.05, 0.1) is 23.4 Å². The number of halogens is 1. The summed E-state index contributed by atoms with van der Waals surface area (Å²) in [4.78, 5) is 4.43. The molecule has 0 fully saturated rings. The van der Waals surface area contributed by atoms with E-state index in [9.17, 15) is 5.11 Å². The first kappa shape index (κ1) is 14.5. The maximum Gasteiger partial charge on any atom is 0.0845 e. The van der Waals surface area contributed by atoms with Crippen molar-refractivity contribution in [1.82, 2.24) is 10.3 Å². The highest BCUT2D eigenvalue weighted by molar-refractivity contribution is 6.32. The minimum absolute atomic E-state index is 0.209. The fourth-order valence-corrected chi connectivity index (χ4v) is 2.42. The molecule has 1 aromatic heterocycles. The van der Waals surface area contributed by atoms with Crippen molar-refractivity contribution in [3.05, 3.63) is 34.6 Å². The van der Waals surface area contributed by atoms with Crippen molar-refractivity contribution in [3.8, 4) is 0 Å². The fraction of sp³-hybridized carbons (Fsp3) is 0.500. The van der Waals surface area contributed by atoms with Crippen molar-refractivity contribution in [3.63, 3.8) is 0 Å². The second-order valence-electron chi connectivity index (χ2n) is 4.73. The third kappa shape index (κ3) is 4.01. The van der Waals surface area contributed by atoms with Crippen LogP contribution in [-0.2, 0) is 6.42 Å². The van der Waals surface area contributed by atoms with E-state index in [2.05, 4.69) is 16.4 Å². The van der Waals surface area contributed by atoms with E-state index in [0.29, 0.717) is 17.9 Å². The average molecular weight is 283 g/mol. The SMILES string of the molecule is OC[C@H](O)CCc1cnc(C2=CCNCC2)c(Cl)c1. The molecular formula is C14H19ClN2O2. The summed E-state index contributed by atoms with van der Waals surface area (Å²) in [5.41, 5.74) is 3.02. The molecule has 0 radical (unpaired) electrons. The number of pyridine rings is 1. The number of aliphatic hydroxyl groups is 2. The molecule has 19 heavy (non-hydrogen) atoms. The lowest BCUT2D eigenvalue weighted by Crippen LogP contribution is -2.20. The lowest BCUT2D eigenvalue weighted by Gasteiger charge is -2.15. The zero-order chi connectivity index (χ0) is 13.7. The van der Waals surface area contributed by atoms with Gasteiger partial charge in [-0.1, -0.05) is 17.7 Å². The predicted molar refractivity (Wildman–Crippen MR) is 76.1 cm³/mol. The van der Waals surface area contributed by atoms with E-state index in [4.69, 9.17) is 16.7 Å². The van der Waals surface area contributed by atoms with Crippen LogP contribution >= 0.6 is 11.6 Å². The first-order valence-electron chi connectivity index (χ1n) is 6.54. The van der Waals surface area contributed by atoms with Crippen LogP contribution in [0.25, 0.3) is 5.57 Å². The number of rotatable bonds is 5. The molecule has 1 aliphatic heterocycles. The first-order chi connectivity index (χ1) is 9.20. The summed E-state index contributed by atoms with van der Waals surface area (Å²) in [6.07, 6.45) is 5.36. The van der Waals surface area contributed by atoms with Crippen LogP contribution in [0.3, 0.4) is 0 Å². The summed E-state index contributed by atoms with van der Waals surface area (Å²) in [6, 6.07) is 1.90. The summed E-state index contributed by atoms with van der Waals surface area (Å²) >= 11 is 6.28. The van der Waals surface area contributed by atoms with Crippen molar-refractivity contribution in [2.75, 3.05) is 19.7 Å². The van der Waals surface area contributed by atoms with E-state index in [0.717, 1.165) is 30.8 Å². The minimum atomic E-state index is -0.675. The molecular weight excluding hydrogens is 264 g/mol. The van der Waals surface area contributed by atoms with Crippen LogP contribution in [-0.4, -0.2) is 41.0 Å². The quantitative estimate of drug-likeness (QED) is 0.764. The van der Waals surface area contributed by atoms with Gasteiger partial charge in [-0.2, -0.15) is 0 Å². The molecule has 2 heterocycles. The van der Waals surface area contributed by atoms with Crippen LogP contribution in [0.15, 0.2) is 18.3 Å². The average Bonchev–Trinajstić information content (AvgIpc) is 2.45. The Labute approximate surface area is 118 Å². The van der Waals surface area contributed by atoms with Gasteiger partial charge in [0.25, 0.3) is 0 Å². The molecule has 0 saturated carbocycles. The Morgan fingerprint density at radius 2 is 2.32 bits per heavy atom. The second kappa shape index (κ2) is 7.01. The summed E-state index contributed by atoms with van der Waals surface area (Å²) in [7, 11) is 0. The molecule has 0 amide bonds. The summed E-state index contributed by atoms with van der Waals surface area (Å²) in [5, 5.41) is 22.0. The molecule has 2 rings (SSSR count). The Kier molecular flexibility index (Phi) is 5.34. The van der Waals surface area contributed by atoms with Crippen LogP contribution in [0.5, 0.6) is 0 Å². The van der Waals surface area contributed by atoms with Crippen molar-refractivity contribution in [2.24, 2.45) is 0 Å². The maximum atomic E-state index is 9.33. The van der Waals surface area contributed by atoms with E-state index in [1.54, 1.807) is 6.20 Å². The highest BCUT2D eigenvalue weighted by Gasteiger charge is 2.12. The van der Waals surface area contributed by atoms with Crippen molar-refractivity contribution < 1.29 is 10.2 Å². The number of aryl methyl sites for hydroxylation is 1. The van der Waals surface area contributed by atoms with Gasteiger partial charge in [-0.3, -0.25) is 4.98 Å². The lowest BCUT2D eigenvalue weighted by atomic mass is 10.0. The van der Waals surface area contributed by atoms with E-state index >= 15 is 0 Å². The molecule has 104 valence electrons. The largest absolute Gasteiger partial charge is 0.394 e. The molecule has 1 atom stereocenters. The number of aliphatic hydroxyl groups excluding tert-OH is 2. The van der Waals surface area contributed by atoms with Gasteiger partial charge in [0.15, 0.2) is 0 Å². The monoisotopic (exact) mass is 282 g/mol. The van der Waals surface area contributed by atoms with Crippen molar-refractivity contribution in [1.29, 1.82) is 0 Å². The van der Waals surface area contributed by atoms with Crippen molar-refractivity contribution >= 4 is 17.2 Å². The number of nitrogens with zero attached hydrogens (tertiary/aromatic N) is 1. The summed E-state index contributed by atoms with van der Waals surface area (Å²) in [5.74, 6) is 0. The molecule has 0 spiro atoms. The van der Waals surface area contributed by atoms with Gasteiger partial charge in [0.1, 0.15) is 0 Å². The van der Waals surface area contributed by atoms with Gasteiger partial charge in [-0.05, 0) is 43.0 Å². The smallest absolute Gasteiger partial charge is 0.0845 e. The highest BCUT2D eigenvalue weighted by Crippen LogP contribution is 2.26. The maximum absolute atomic E-state index is 9.33. The molecule has 0 bridgehead atoms. The molecule has 4 nitrogen and oxygen atoms in total. The number of hydrogen-bond donors (Lipinski definition) is 3. The number of aromatic nitrogens is 1. The fourth-order valence-electron chi connectivity index (χ4n) is 2.11. The topological polar surface area (TPSA) is 65.4 Å². The van der Waals surface area contributed by atoms with Gasteiger partial charge in [0, 0.05) is 12.7 Å². The predicted octanol–water partition coefficient (Wildman–Crippen LogP) is 1.40. The molecule has 1 aliphatic rings. The molecule has 1 aromatic rings. The molecule has 3 N–H and O–H groups in total. The Balaban J connectivity index is 2.06. The second-order valence-corrected chi connectivity index (χ2v) is 5.14. The Hall–Kier alpha value is -0.940. The zero-order valence-electron chi connectivity index (χ0n) is 10.8. The van der Waals surface area contributed by atoms with Gasteiger partial charge in [0.2, 0.25) is 0 Å². The highest BCUT2D eigenvalue weighted by atomic mass is 35.5.